The predicted octanol–water partition coefficient (Wildman–Crippen LogP) is 6.22. The van der Waals surface area contributed by atoms with Gasteiger partial charge in [0.15, 0.2) is 0 Å². The summed E-state index contributed by atoms with van der Waals surface area (Å²) in [5.74, 6) is 2.23. The molecule has 4 unspecified atom stereocenters. The van der Waals surface area contributed by atoms with Crippen LogP contribution in [-0.2, 0) is 14.3 Å². The number of benzene rings is 1. The van der Waals surface area contributed by atoms with E-state index in [0.717, 1.165) is 6.42 Å². The quantitative estimate of drug-likeness (QED) is 0.326. The lowest BCUT2D eigenvalue weighted by molar-refractivity contribution is -0.146. The number of carbonyl (C=O) groups is 3. The van der Waals surface area contributed by atoms with Crippen molar-refractivity contribution in [2.75, 3.05) is 0 Å². The molecule has 1 aromatic rings. The van der Waals surface area contributed by atoms with Crippen molar-refractivity contribution >= 4 is 17.9 Å². The van der Waals surface area contributed by atoms with Crippen molar-refractivity contribution in [2.45, 2.75) is 125 Å². The second-order valence-corrected chi connectivity index (χ2v) is 12.9. The SMILES string of the molecule is C#Cc1ccccc1C(C(=O)NC(C)(C)C)N(C(=O)C(NC(=O)OC(C)(C)C)C(C)CC)C(C)CCC(C)C. The average Bonchev–Trinajstić information content (AvgIpc) is 2.81. The van der Waals surface area contributed by atoms with Gasteiger partial charge in [-0.2, -0.15) is 0 Å². The smallest absolute Gasteiger partial charge is 0.408 e. The highest BCUT2D eigenvalue weighted by Crippen LogP contribution is 2.31. The highest BCUT2D eigenvalue weighted by molar-refractivity contribution is 5.93. The van der Waals surface area contributed by atoms with Crippen LogP contribution >= 0.6 is 0 Å². The van der Waals surface area contributed by atoms with E-state index >= 15 is 0 Å². The molecule has 0 aromatic heterocycles. The Kier molecular flexibility index (Phi) is 12.6. The molecule has 4 atom stereocenters. The summed E-state index contributed by atoms with van der Waals surface area (Å²) in [6, 6.07) is 5.02. The fourth-order valence-electron chi connectivity index (χ4n) is 4.31. The van der Waals surface area contributed by atoms with E-state index in [9.17, 15) is 14.4 Å². The summed E-state index contributed by atoms with van der Waals surface area (Å²) < 4.78 is 5.50. The van der Waals surface area contributed by atoms with Crippen LogP contribution in [0.5, 0.6) is 0 Å². The number of ether oxygens (including phenoxy) is 1. The fourth-order valence-corrected chi connectivity index (χ4v) is 4.31. The summed E-state index contributed by atoms with van der Waals surface area (Å²) in [7, 11) is 0. The van der Waals surface area contributed by atoms with Gasteiger partial charge in [-0.3, -0.25) is 9.59 Å². The summed E-state index contributed by atoms with van der Waals surface area (Å²) in [6.07, 6.45) is 7.38. The third-order valence-electron chi connectivity index (χ3n) is 6.48. The minimum atomic E-state index is -0.988. The van der Waals surface area contributed by atoms with E-state index < -0.39 is 29.3 Å². The van der Waals surface area contributed by atoms with E-state index in [1.807, 2.05) is 53.7 Å². The van der Waals surface area contributed by atoms with Gasteiger partial charge < -0.3 is 20.3 Å². The van der Waals surface area contributed by atoms with Crippen LogP contribution in [0.15, 0.2) is 24.3 Å². The Balaban J connectivity index is 3.79. The Morgan fingerprint density at radius 3 is 2.08 bits per heavy atom. The van der Waals surface area contributed by atoms with Crippen molar-refractivity contribution in [3.8, 4) is 12.3 Å². The molecule has 0 bridgehead atoms. The molecule has 0 radical (unpaired) electrons. The summed E-state index contributed by atoms with van der Waals surface area (Å²) in [5.41, 5.74) is -0.147. The van der Waals surface area contributed by atoms with Crippen molar-refractivity contribution < 1.29 is 19.1 Å². The second kappa shape index (κ2) is 14.4. The first-order chi connectivity index (χ1) is 17.9. The van der Waals surface area contributed by atoms with Crippen molar-refractivity contribution in [2.24, 2.45) is 11.8 Å². The molecule has 7 heteroatoms. The minimum Gasteiger partial charge on any atom is -0.444 e. The predicted molar refractivity (Wildman–Crippen MR) is 158 cm³/mol. The molecule has 0 fully saturated rings. The first-order valence-electron chi connectivity index (χ1n) is 14.1. The fraction of sp³-hybridized carbons (Fsp3) is 0.656. The van der Waals surface area contributed by atoms with Gasteiger partial charge in [0.1, 0.15) is 17.7 Å². The molecule has 0 saturated heterocycles. The van der Waals surface area contributed by atoms with Crippen molar-refractivity contribution in [1.82, 2.24) is 15.5 Å². The number of alkyl carbamates (subject to hydrolysis) is 1. The Labute approximate surface area is 236 Å². The van der Waals surface area contributed by atoms with Gasteiger partial charge in [0, 0.05) is 17.1 Å². The maximum atomic E-state index is 14.5. The van der Waals surface area contributed by atoms with Gasteiger partial charge in [-0.1, -0.05) is 58.2 Å². The molecule has 1 rings (SSSR count). The lowest BCUT2D eigenvalue weighted by Crippen LogP contribution is -2.58. The molecule has 0 aliphatic carbocycles. The molecule has 0 heterocycles. The van der Waals surface area contributed by atoms with E-state index in [0.29, 0.717) is 29.9 Å². The van der Waals surface area contributed by atoms with Crippen molar-refractivity contribution in [3.05, 3.63) is 35.4 Å². The summed E-state index contributed by atoms with van der Waals surface area (Å²) in [4.78, 5) is 43.0. The highest BCUT2D eigenvalue weighted by Gasteiger charge is 2.41. The third kappa shape index (κ3) is 10.9. The summed E-state index contributed by atoms with van der Waals surface area (Å²) in [6.45, 7) is 21.1. The lowest BCUT2D eigenvalue weighted by Gasteiger charge is -2.41. The van der Waals surface area contributed by atoms with Crippen LogP contribution in [0.2, 0.25) is 0 Å². The highest BCUT2D eigenvalue weighted by atomic mass is 16.6. The molecule has 0 aliphatic rings. The number of nitrogens with one attached hydrogen (secondary N) is 2. The largest absolute Gasteiger partial charge is 0.444 e. The van der Waals surface area contributed by atoms with Gasteiger partial charge in [-0.05, 0) is 84.8 Å². The monoisotopic (exact) mass is 541 g/mol. The van der Waals surface area contributed by atoms with Gasteiger partial charge in [0.2, 0.25) is 11.8 Å². The van der Waals surface area contributed by atoms with Crippen molar-refractivity contribution in [3.63, 3.8) is 0 Å². The molecular formula is C32H51N3O4. The Morgan fingerprint density at radius 1 is 1.00 bits per heavy atom. The number of hydrogen-bond donors (Lipinski definition) is 2. The molecule has 1 aromatic carbocycles. The van der Waals surface area contributed by atoms with E-state index in [-0.39, 0.29) is 23.8 Å². The average molecular weight is 542 g/mol. The van der Waals surface area contributed by atoms with Gasteiger partial charge in [0.25, 0.3) is 0 Å². The second-order valence-electron chi connectivity index (χ2n) is 12.9. The Bertz CT molecular complexity index is 1010. The zero-order valence-electron chi connectivity index (χ0n) is 26.0. The van der Waals surface area contributed by atoms with Crippen LogP contribution in [0.25, 0.3) is 0 Å². The van der Waals surface area contributed by atoms with Crippen LogP contribution < -0.4 is 10.6 Å². The molecule has 218 valence electrons. The normalized spacial score (nSPS) is 14.9. The first kappa shape index (κ1) is 34.0. The van der Waals surface area contributed by atoms with Crippen LogP contribution in [0, 0.1) is 24.2 Å². The van der Waals surface area contributed by atoms with Crippen LogP contribution in [-0.4, -0.2) is 46.0 Å². The molecule has 39 heavy (non-hydrogen) atoms. The van der Waals surface area contributed by atoms with E-state index in [2.05, 4.69) is 30.4 Å². The van der Waals surface area contributed by atoms with Gasteiger partial charge in [-0.25, -0.2) is 4.79 Å². The van der Waals surface area contributed by atoms with E-state index in [1.165, 1.54) is 0 Å². The van der Waals surface area contributed by atoms with Crippen LogP contribution in [0.4, 0.5) is 4.79 Å². The van der Waals surface area contributed by atoms with Gasteiger partial charge in [-0.15, -0.1) is 6.42 Å². The summed E-state index contributed by atoms with van der Waals surface area (Å²) in [5, 5.41) is 5.89. The lowest BCUT2D eigenvalue weighted by atomic mass is 9.91. The number of rotatable bonds is 11. The molecule has 7 nitrogen and oxygen atoms in total. The van der Waals surface area contributed by atoms with E-state index in [4.69, 9.17) is 11.2 Å². The Hall–Kier alpha value is -3.01. The third-order valence-corrected chi connectivity index (χ3v) is 6.48. The van der Waals surface area contributed by atoms with Crippen molar-refractivity contribution in [1.29, 1.82) is 0 Å². The maximum Gasteiger partial charge on any atom is 0.408 e. The molecule has 0 saturated carbocycles. The van der Waals surface area contributed by atoms with Gasteiger partial charge >= 0.3 is 6.09 Å². The zero-order chi connectivity index (χ0) is 30.1. The number of amides is 3. The minimum absolute atomic E-state index is 0.209. The topological polar surface area (TPSA) is 87.7 Å². The molecule has 3 amide bonds. The molecule has 2 N–H and O–H groups in total. The van der Waals surface area contributed by atoms with Crippen LogP contribution in [0.1, 0.15) is 113 Å². The molecule has 0 spiro atoms. The van der Waals surface area contributed by atoms with Crippen LogP contribution in [0.3, 0.4) is 0 Å². The Morgan fingerprint density at radius 2 is 1.59 bits per heavy atom. The number of terminal acetylenes is 1. The molecule has 0 aliphatic heterocycles. The first-order valence-corrected chi connectivity index (χ1v) is 14.1. The standard InChI is InChI=1S/C32H51N3O4/c1-13-22(5)26(33-30(38)39-32(10,11)12)29(37)35(23(6)20-19-21(3)4)27(28(36)34-31(7,8)9)25-18-16-15-17-24(25)14-2/h2,15-18,21-23,26-27H,13,19-20H2,1,3-12H3,(H,33,38)(H,34,36). The maximum absolute atomic E-state index is 14.5. The number of nitrogens with zero attached hydrogens (tertiary/aromatic N) is 1. The zero-order valence-corrected chi connectivity index (χ0v) is 26.0. The van der Waals surface area contributed by atoms with E-state index in [1.54, 1.807) is 37.8 Å². The number of hydrogen-bond acceptors (Lipinski definition) is 4. The number of carbonyl (C=O) groups excluding carboxylic acids is 3. The summed E-state index contributed by atoms with van der Waals surface area (Å²) >= 11 is 0. The van der Waals surface area contributed by atoms with Gasteiger partial charge in [0.05, 0.1) is 0 Å². The molecular weight excluding hydrogens is 490 g/mol.